The molecule has 1 saturated heterocycles. The number of carbonyl (C=O) groups excluding carboxylic acids is 1. The molecular weight excluding hydrogens is 204 g/mol. The fraction of sp³-hybridized carbons (Fsp3) is 0.917. The first-order chi connectivity index (χ1) is 7.84. The minimum atomic E-state index is 0.0142. The van der Waals surface area contributed by atoms with Crippen molar-refractivity contribution >= 4 is 5.91 Å². The van der Waals surface area contributed by atoms with E-state index in [4.69, 9.17) is 5.11 Å². The lowest BCUT2D eigenvalue weighted by atomic mass is 10.1. The molecule has 1 amide bonds. The van der Waals surface area contributed by atoms with E-state index in [1.165, 1.54) is 12.8 Å². The van der Waals surface area contributed by atoms with Crippen LogP contribution in [0.2, 0.25) is 0 Å². The molecule has 1 atom stereocenters. The maximum atomic E-state index is 11.8. The Kier molecular flexibility index (Phi) is 7.17. The van der Waals surface area contributed by atoms with Crippen molar-refractivity contribution < 1.29 is 9.90 Å². The molecule has 1 unspecified atom stereocenters. The normalized spacial score (nSPS) is 21.4. The average molecular weight is 228 g/mol. The Morgan fingerprint density at radius 3 is 2.94 bits per heavy atom. The molecule has 0 aliphatic carbocycles. The van der Waals surface area contributed by atoms with Gasteiger partial charge in [-0.3, -0.25) is 4.79 Å². The molecule has 1 fully saturated rings. The number of hydrogen-bond donors (Lipinski definition) is 3. The van der Waals surface area contributed by atoms with Gasteiger partial charge in [0.2, 0.25) is 5.91 Å². The van der Waals surface area contributed by atoms with Gasteiger partial charge in [-0.15, -0.1) is 0 Å². The van der Waals surface area contributed by atoms with Crippen LogP contribution in [-0.4, -0.2) is 36.8 Å². The fourth-order valence-electron chi connectivity index (χ4n) is 2.00. The van der Waals surface area contributed by atoms with Gasteiger partial charge in [-0.05, 0) is 38.6 Å². The number of hydrogen-bond acceptors (Lipinski definition) is 3. The third kappa shape index (κ3) is 5.47. The molecule has 4 nitrogen and oxygen atoms in total. The van der Waals surface area contributed by atoms with Crippen LogP contribution < -0.4 is 10.6 Å². The lowest BCUT2D eigenvalue weighted by Gasteiger charge is -2.15. The molecule has 4 heteroatoms. The highest BCUT2D eigenvalue weighted by atomic mass is 16.2. The molecule has 3 N–H and O–H groups in total. The molecule has 0 aromatic carbocycles. The summed E-state index contributed by atoms with van der Waals surface area (Å²) in [4.78, 5) is 11.8. The highest BCUT2D eigenvalue weighted by molar-refractivity contribution is 5.81. The minimum absolute atomic E-state index is 0.0142. The molecule has 16 heavy (non-hydrogen) atoms. The Balaban J connectivity index is 2.08. The monoisotopic (exact) mass is 228 g/mol. The molecule has 0 aromatic rings. The summed E-state index contributed by atoms with van der Waals surface area (Å²) in [5.41, 5.74) is 0. The van der Waals surface area contributed by atoms with Crippen LogP contribution in [0.15, 0.2) is 0 Å². The fourth-order valence-corrected chi connectivity index (χ4v) is 2.00. The predicted molar refractivity (Wildman–Crippen MR) is 64.2 cm³/mol. The van der Waals surface area contributed by atoms with Gasteiger partial charge in [-0.2, -0.15) is 0 Å². The Hall–Kier alpha value is -0.610. The summed E-state index contributed by atoms with van der Waals surface area (Å²) in [5.74, 6) is 0.144. The topological polar surface area (TPSA) is 61.4 Å². The first-order valence-electron chi connectivity index (χ1n) is 6.46. The third-order valence-corrected chi connectivity index (χ3v) is 3.01. The standard InChI is InChI=1S/C12H24N2O2/c15-10-6-2-5-9-14-12(16)11-7-3-1-4-8-13-11/h11,13,15H,1-10H2,(H,14,16). The van der Waals surface area contributed by atoms with Gasteiger partial charge in [0, 0.05) is 13.2 Å². The van der Waals surface area contributed by atoms with Crippen LogP contribution in [0.3, 0.4) is 0 Å². The first kappa shape index (κ1) is 13.5. The zero-order valence-corrected chi connectivity index (χ0v) is 10.0. The van der Waals surface area contributed by atoms with Crippen molar-refractivity contribution in [2.45, 2.75) is 51.0 Å². The molecule has 0 saturated carbocycles. The van der Waals surface area contributed by atoms with E-state index < -0.39 is 0 Å². The van der Waals surface area contributed by atoms with E-state index in [1.807, 2.05) is 0 Å². The molecule has 1 aliphatic rings. The summed E-state index contributed by atoms with van der Waals surface area (Å²) in [6, 6.07) is 0.0142. The van der Waals surface area contributed by atoms with Crippen molar-refractivity contribution in [3.05, 3.63) is 0 Å². The lowest BCUT2D eigenvalue weighted by Crippen LogP contribution is -2.43. The first-order valence-corrected chi connectivity index (χ1v) is 6.46. The van der Waals surface area contributed by atoms with Crippen molar-refractivity contribution in [3.8, 4) is 0 Å². The van der Waals surface area contributed by atoms with E-state index in [2.05, 4.69) is 10.6 Å². The second kappa shape index (κ2) is 8.53. The van der Waals surface area contributed by atoms with Crippen LogP contribution >= 0.6 is 0 Å². The van der Waals surface area contributed by atoms with E-state index in [-0.39, 0.29) is 18.6 Å². The predicted octanol–water partition coefficient (Wildman–Crippen LogP) is 0.797. The Bertz CT molecular complexity index is 189. The second-order valence-electron chi connectivity index (χ2n) is 4.43. The number of aliphatic hydroxyl groups excluding tert-OH is 1. The summed E-state index contributed by atoms with van der Waals surface area (Å²) < 4.78 is 0. The smallest absolute Gasteiger partial charge is 0.237 e. The molecule has 0 radical (unpaired) electrons. The number of unbranched alkanes of at least 4 members (excludes halogenated alkanes) is 2. The van der Waals surface area contributed by atoms with Crippen LogP contribution in [0.1, 0.15) is 44.9 Å². The molecule has 0 aromatic heterocycles. The molecule has 1 rings (SSSR count). The van der Waals surface area contributed by atoms with Gasteiger partial charge in [-0.1, -0.05) is 12.8 Å². The lowest BCUT2D eigenvalue weighted by molar-refractivity contribution is -0.123. The number of rotatable bonds is 6. The average Bonchev–Trinajstić information content (AvgIpc) is 2.57. The van der Waals surface area contributed by atoms with Crippen LogP contribution in [0.5, 0.6) is 0 Å². The Morgan fingerprint density at radius 1 is 1.25 bits per heavy atom. The maximum absolute atomic E-state index is 11.8. The third-order valence-electron chi connectivity index (χ3n) is 3.01. The van der Waals surface area contributed by atoms with Crippen molar-refractivity contribution in [2.75, 3.05) is 19.7 Å². The Labute approximate surface area is 97.8 Å². The summed E-state index contributed by atoms with van der Waals surface area (Å²) >= 11 is 0. The summed E-state index contributed by atoms with van der Waals surface area (Å²) in [5, 5.41) is 14.8. The van der Waals surface area contributed by atoms with Crippen molar-refractivity contribution in [2.24, 2.45) is 0 Å². The SMILES string of the molecule is O=C(NCCCCCO)C1CCCCCN1. The molecule has 1 heterocycles. The van der Waals surface area contributed by atoms with Crippen LogP contribution in [0.4, 0.5) is 0 Å². The van der Waals surface area contributed by atoms with Gasteiger partial charge in [-0.25, -0.2) is 0 Å². The van der Waals surface area contributed by atoms with E-state index >= 15 is 0 Å². The van der Waals surface area contributed by atoms with E-state index in [1.54, 1.807) is 0 Å². The van der Waals surface area contributed by atoms with Gasteiger partial charge in [0.05, 0.1) is 6.04 Å². The largest absolute Gasteiger partial charge is 0.396 e. The Morgan fingerprint density at radius 2 is 2.12 bits per heavy atom. The maximum Gasteiger partial charge on any atom is 0.237 e. The summed E-state index contributed by atoms with van der Waals surface area (Å²) in [6.07, 6.45) is 7.29. The zero-order chi connectivity index (χ0) is 11.6. The van der Waals surface area contributed by atoms with Crippen LogP contribution in [-0.2, 0) is 4.79 Å². The van der Waals surface area contributed by atoms with Gasteiger partial charge >= 0.3 is 0 Å². The van der Waals surface area contributed by atoms with Gasteiger partial charge in [0.1, 0.15) is 0 Å². The van der Waals surface area contributed by atoms with Crippen molar-refractivity contribution in [3.63, 3.8) is 0 Å². The molecule has 1 aliphatic heterocycles. The van der Waals surface area contributed by atoms with E-state index in [0.717, 1.165) is 45.2 Å². The highest BCUT2D eigenvalue weighted by Gasteiger charge is 2.18. The minimum Gasteiger partial charge on any atom is -0.396 e. The summed E-state index contributed by atoms with van der Waals surface area (Å²) in [7, 11) is 0. The van der Waals surface area contributed by atoms with Crippen molar-refractivity contribution in [1.82, 2.24) is 10.6 Å². The molecule has 94 valence electrons. The van der Waals surface area contributed by atoms with E-state index in [9.17, 15) is 4.79 Å². The van der Waals surface area contributed by atoms with Crippen molar-refractivity contribution in [1.29, 1.82) is 0 Å². The quantitative estimate of drug-likeness (QED) is 0.589. The van der Waals surface area contributed by atoms with E-state index in [0.29, 0.717) is 0 Å². The molecular formula is C12H24N2O2. The second-order valence-corrected chi connectivity index (χ2v) is 4.43. The highest BCUT2D eigenvalue weighted by Crippen LogP contribution is 2.08. The van der Waals surface area contributed by atoms with Gasteiger partial charge < -0.3 is 15.7 Å². The number of amides is 1. The summed E-state index contributed by atoms with van der Waals surface area (Å²) in [6.45, 7) is 1.94. The van der Waals surface area contributed by atoms with Crippen LogP contribution in [0, 0.1) is 0 Å². The zero-order valence-electron chi connectivity index (χ0n) is 10.0. The molecule has 0 bridgehead atoms. The number of nitrogens with one attached hydrogen (secondary N) is 2. The van der Waals surface area contributed by atoms with Gasteiger partial charge in [0.15, 0.2) is 0 Å². The van der Waals surface area contributed by atoms with Gasteiger partial charge in [0.25, 0.3) is 0 Å². The number of aliphatic hydroxyl groups is 1. The molecule has 0 spiro atoms. The van der Waals surface area contributed by atoms with Crippen LogP contribution in [0.25, 0.3) is 0 Å². The number of carbonyl (C=O) groups is 1.